The molecule has 1 fully saturated rings. The van der Waals surface area contributed by atoms with Crippen molar-refractivity contribution in [1.82, 2.24) is 10.2 Å². The minimum absolute atomic E-state index is 0.0891. The molecule has 0 bridgehead atoms. The lowest BCUT2D eigenvalue weighted by Crippen LogP contribution is -2.50. The lowest BCUT2D eigenvalue weighted by Gasteiger charge is -2.30. The number of hydrogen-bond donors (Lipinski definition) is 1. The summed E-state index contributed by atoms with van der Waals surface area (Å²) in [7, 11) is 0. The van der Waals surface area contributed by atoms with Crippen LogP contribution in [0.3, 0.4) is 0 Å². The predicted octanol–water partition coefficient (Wildman–Crippen LogP) is 4.50. The van der Waals surface area contributed by atoms with Gasteiger partial charge in [0.15, 0.2) is 0 Å². The number of amides is 2. The summed E-state index contributed by atoms with van der Waals surface area (Å²) < 4.78 is 13.2. The van der Waals surface area contributed by atoms with E-state index in [1.807, 2.05) is 18.2 Å². The summed E-state index contributed by atoms with van der Waals surface area (Å²) in [4.78, 5) is 27.5. The third-order valence-electron chi connectivity index (χ3n) is 5.44. The number of carbonyl (C=O) groups excluding carboxylic acids is 2. The number of benzene rings is 2. The Bertz CT molecular complexity index is 850. The SMILES string of the molecule is C[C@@H](C(=O)NC1CCCC1)N(Cc1ccccc1Cl)C(=O)Cc1ccc(F)cc1. The molecule has 0 aromatic heterocycles. The lowest BCUT2D eigenvalue weighted by atomic mass is 10.1. The number of rotatable bonds is 7. The van der Waals surface area contributed by atoms with Crippen molar-refractivity contribution in [1.29, 1.82) is 0 Å². The number of halogens is 2. The van der Waals surface area contributed by atoms with Gasteiger partial charge in [-0.25, -0.2) is 4.39 Å². The second-order valence-corrected chi connectivity index (χ2v) is 7.99. The van der Waals surface area contributed by atoms with Crippen LogP contribution in [0.15, 0.2) is 48.5 Å². The molecule has 0 spiro atoms. The largest absolute Gasteiger partial charge is 0.352 e. The molecule has 1 saturated carbocycles. The molecule has 0 unspecified atom stereocenters. The average molecular weight is 417 g/mol. The summed E-state index contributed by atoms with van der Waals surface area (Å²) in [5.41, 5.74) is 1.48. The monoisotopic (exact) mass is 416 g/mol. The maximum absolute atomic E-state index is 13.2. The van der Waals surface area contributed by atoms with Crippen molar-refractivity contribution in [2.24, 2.45) is 0 Å². The maximum Gasteiger partial charge on any atom is 0.242 e. The van der Waals surface area contributed by atoms with Gasteiger partial charge < -0.3 is 10.2 Å². The van der Waals surface area contributed by atoms with Gasteiger partial charge in [0.1, 0.15) is 11.9 Å². The van der Waals surface area contributed by atoms with Crippen LogP contribution in [-0.4, -0.2) is 28.8 Å². The van der Waals surface area contributed by atoms with E-state index in [4.69, 9.17) is 11.6 Å². The predicted molar refractivity (Wildman–Crippen MR) is 112 cm³/mol. The van der Waals surface area contributed by atoms with Crippen molar-refractivity contribution in [3.63, 3.8) is 0 Å². The summed E-state index contributed by atoms with van der Waals surface area (Å²) in [6, 6.07) is 12.7. The second-order valence-electron chi connectivity index (χ2n) is 7.58. The van der Waals surface area contributed by atoms with E-state index in [0.29, 0.717) is 10.6 Å². The van der Waals surface area contributed by atoms with E-state index in [-0.39, 0.29) is 36.6 Å². The van der Waals surface area contributed by atoms with Crippen LogP contribution < -0.4 is 5.32 Å². The van der Waals surface area contributed by atoms with Crippen LogP contribution in [0, 0.1) is 5.82 Å². The van der Waals surface area contributed by atoms with Gasteiger partial charge in [0.2, 0.25) is 11.8 Å². The van der Waals surface area contributed by atoms with Crippen molar-refractivity contribution in [2.75, 3.05) is 0 Å². The highest BCUT2D eigenvalue weighted by Crippen LogP contribution is 2.21. The van der Waals surface area contributed by atoms with E-state index in [9.17, 15) is 14.0 Å². The molecule has 2 aromatic rings. The van der Waals surface area contributed by atoms with Gasteiger partial charge in [0, 0.05) is 17.6 Å². The second kappa shape index (κ2) is 9.88. The fourth-order valence-electron chi connectivity index (χ4n) is 3.66. The Morgan fingerprint density at radius 1 is 1.14 bits per heavy atom. The fourth-order valence-corrected chi connectivity index (χ4v) is 3.86. The zero-order valence-electron chi connectivity index (χ0n) is 16.5. The summed E-state index contributed by atoms with van der Waals surface area (Å²) in [5.74, 6) is -0.708. The molecule has 29 heavy (non-hydrogen) atoms. The molecule has 2 amide bonds. The van der Waals surface area contributed by atoms with Gasteiger partial charge in [-0.1, -0.05) is 54.8 Å². The Kier molecular flexibility index (Phi) is 7.26. The molecule has 1 N–H and O–H groups in total. The highest BCUT2D eigenvalue weighted by Gasteiger charge is 2.28. The maximum atomic E-state index is 13.2. The molecule has 154 valence electrons. The van der Waals surface area contributed by atoms with E-state index < -0.39 is 6.04 Å². The highest BCUT2D eigenvalue weighted by molar-refractivity contribution is 6.31. The molecule has 6 heteroatoms. The van der Waals surface area contributed by atoms with Crippen LogP contribution in [0.1, 0.15) is 43.7 Å². The molecule has 0 saturated heterocycles. The first kappa shape index (κ1) is 21.3. The van der Waals surface area contributed by atoms with E-state index in [2.05, 4.69) is 5.32 Å². The first-order valence-electron chi connectivity index (χ1n) is 10.0. The summed E-state index contributed by atoms with van der Waals surface area (Å²) >= 11 is 6.29. The molecular formula is C23H26ClFN2O2. The van der Waals surface area contributed by atoms with Crippen LogP contribution in [0.25, 0.3) is 0 Å². The Balaban J connectivity index is 1.77. The lowest BCUT2D eigenvalue weighted by molar-refractivity contribution is -0.140. The number of hydrogen-bond acceptors (Lipinski definition) is 2. The topological polar surface area (TPSA) is 49.4 Å². The smallest absolute Gasteiger partial charge is 0.242 e. The minimum atomic E-state index is -0.639. The van der Waals surface area contributed by atoms with Gasteiger partial charge in [0.05, 0.1) is 6.42 Å². The molecule has 1 aliphatic carbocycles. The van der Waals surface area contributed by atoms with E-state index in [1.54, 1.807) is 30.0 Å². The van der Waals surface area contributed by atoms with Crippen LogP contribution in [-0.2, 0) is 22.6 Å². The zero-order chi connectivity index (χ0) is 20.8. The fraction of sp³-hybridized carbons (Fsp3) is 0.391. The summed E-state index contributed by atoms with van der Waals surface area (Å²) in [6.45, 7) is 1.97. The number of nitrogens with one attached hydrogen (secondary N) is 1. The standard InChI is InChI=1S/C23H26ClFN2O2/c1-16(23(29)26-20-7-3-4-8-20)27(15-18-6-2-5-9-21(18)24)22(28)14-17-10-12-19(25)13-11-17/h2,5-6,9-13,16,20H,3-4,7-8,14-15H2,1H3,(H,26,29)/t16-/m0/s1. The molecule has 0 heterocycles. The highest BCUT2D eigenvalue weighted by atomic mass is 35.5. The van der Waals surface area contributed by atoms with Gasteiger partial charge in [-0.15, -0.1) is 0 Å². The third kappa shape index (κ3) is 5.80. The molecule has 0 radical (unpaired) electrons. The quantitative estimate of drug-likeness (QED) is 0.722. The normalized spacial score (nSPS) is 15.1. The Morgan fingerprint density at radius 2 is 1.79 bits per heavy atom. The van der Waals surface area contributed by atoms with Crippen LogP contribution in [0.2, 0.25) is 5.02 Å². The van der Waals surface area contributed by atoms with Crippen LogP contribution >= 0.6 is 11.6 Å². The minimum Gasteiger partial charge on any atom is -0.352 e. The van der Waals surface area contributed by atoms with E-state index >= 15 is 0 Å². The van der Waals surface area contributed by atoms with Gasteiger partial charge in [-0.2, -0.15) is 0 Å². The molecule has 1 aliphatic rings. The molecule has 3 rings (SSSR count). The van der Waals surface area contributed by atoms with E-state index in [1.165, 1.54) is 12.1 Å². The number of carbonyl (C=O) groups is 2. The molecule has 4 nitrogen and oxygen atoms in total. The summed E-state index contributed by atoms with van der Waals surface area (Å²) in [6.07, 6.45) is 4.28. The molecule has 1 atom stereocenters. The Labute approximate surface area is 176 Å². The zero-order valence-corrected chi connectivity index (χ0v) is 17.3. The van der Waals surface area contributed by atoms with Crippen molar-refractivity contribution < 1.29 is 14.0 Å². The van der Waals surface area contributed by atoms with Gasteiger partial charge in [0.25, 0.3) is 0 Å². The number of nitrogens with zero attached hydrogens (tertiary/aromatic N) is 1. The van der Waals surface area contributed by atoms with Gasteiger partial charge in [-0.3, -0.25) is 9.59 Å². The van der Waals surface area contributed by atoms with Gasteiger partial charge in [-0.05, 0) is 49.1 Å². The Hall–Kier alpha value is -2.40. The average Bonchev–Trinajstić information content (AvgIpc) is 3.21. The first-order chi connectivity index (χ1) is 13.9. The molecule has 2 aromatic carbocycles. The molecular weight excluding hydrogens is 391 g/mol. The van der Waals surface area contributed by atoms with Crippen LogP contribution in [0.4, 0.5) is 4.39 Å². The van der Waals surface area contributed by atoms with E-state index in [0.717, 1.165) is 31.2 Å². The van der Waals surface area contributed by atoms with Crippen molar-refractivity contribution >= 4 is 23.4 Å². The first-order valence-corrected chi connectivity index (χ1v) is 10.4. The van der Waals surface area contributed by atoms with Crippen LogP contribution in [0.5, 0.6) is 0 Å². The third-order valence-corrected chi connectivity index (χ3v) is 5.80. The van der Waals surface area contributed by atoms with Crippen molar-refractivity contribution in [2.45, 2.75) is 57.7 Å². The van der Waals surface area contributed by atoms with Crippen molar-refractivity contribution in [3.8, 4) is 0 Å². The molecule has 0 aliphatic heterocycles. The van der Waals surface area contributed by atoms with Crippen molar-refractivity contribution in [3.05, 3.63) is 70.5 Å². The Morgan fingerprint density at radius 3 is 2.45 bits per heavy atom. The van der Waals surface area contributed by atoms with Gasteiger partial charge >= 0.3 is 0 Å². The summed E-state index contributed by atoms with van der Waals surface area (Å²) in [5, 5.41) is 3.62.